The second kappa shape index (κ2) is 3.88. The average Bonchev–Trinajstić information content (AvgIpc) is 2.63. The Labute approximate surface area is 99.6 Å². The Kier molecular flexibility index (Phi) is 2.69. The first-order valence-corrected chi connectivity index (χ1v) is 6.13. The zero-order valence-electron chi connectivity index (χ0n) is 9.69. The van der Waals surface area contributed by atoms with Crippen LogP contribution in [0.1, 0.15) is 32.3 Å². The fraction of sp³-hybridized carbons (Fsp3) is 0.385. The smallest absolute Gasteiger partial charge is 0.0815 e. The Morgan fingerprint density at radius 1 is 1.38 bits per heavy atom. The van der Waals surface area contributed by atoms with E-state index in [1.165, 1.54) is 4.70 Å². The summed E-state index contributed by atoms with van der Waals surface area (Å²) in [6, 6.07) is 8.52. The van der Waals surface area contributed by atoms with E-state index in [1.807, 2.05) is 17.6 Å². The van der Waals surface area contributed by atoms with Crippen LogP contribution in [0.2, 0.25) is 0 Å². The number of hydrogen-bond donors (Lipinski definition) is 0. The molecular weight excluding hydrogens is 216 g/mol. The summed E-state index contributed by atoms with van der Waals surface area (Å²) in [5.74, 6) is -0.0846. The maximum absolute atomic E-state index is 9.27. The van der Waals surface area contributed by atoms with Gasteiger partial charge in [-0.25, -0.2) is 4.98 Å². The van der Waals surface area contributed by atoms with Gasteiger partial charge in [0.05, 0.1) is 27.7 Å². The summed E-state index contributed by atoms with van der Waals surface area (Å²) >= 11 is 1.63. The van der Waals surface area contributed by atoms with Crippen LogP contribution < -0.4 is 0 Å². The molecule has 16 heavy (non-hydrogen) atoms. The van der Waals surface area contributed by atoms with Crippen molar-refractivity contribution in [1.82, 2.24) is 4.98 Å². The van der Waals surface area contributed by atoms with Gasteiger partial charge in [-0.2, -0.15) is 5.26 Å². The highest BCUT2D eigenvalue weighted by molar-refractivity contribution is 7.16. The lowest BCUT2D eigenvalue weighted by atomic mass is 9.77. The van der Waals surface area contributed by atoms with Crippen molar-refractivity contribution in [3.05, 3.63) is 29.3 Å². The molecule has 0 radical (unpaired) electrons. The van der Waals surface area contributed by atoms with Gasteiger partial charge >= 0.3 is 0 Å². The van der Waals surface area contributed by atoms with Gasteiger partial charge in [0.2, 0.25) is 0 Å². The van der Waals surface area contributed by atoms with Crippen LogP contribution in [-0.2, 0) is 0 Å². The van der Waals surface area contributed by atoms with Gasteiger partial charge in [0.25, 0.3) is 0 Å². The van der Waals surface area contributed by atoms with Gasteiger partial charge in [-0.1, -0.05) is 26.8 Å². The molecule has 1 unspecified atom stereocenters. The zero-order chi connectivity index (χ0) is 11.8. The molecule has 2 rings (SSSR count). The highest BCUT2D eigenvalue weighted by Gasteiger charge is 2.26. The Hall–Kier alpha value is -1.40. The van der Waals surface area contributed by atoms with Crippen molar-refractivity contribution in [3.63, 3.8) is 0 Å². The third-order valence-corrected chi connectivity index (χ3v) is 3.49. The molecule has 1 heterocycles. The molecule has 3 heteroatoms. The minimum Gasteiger partial charge on any atom is -0.245 e. The van der Waals surface area contributed by atoms with Gasteiger partial charge in [0, 0.05) is 0 Å². The first-order chi connectivity index (χ1) is 7.52. The predicted octanol–water partition coefficient (Wildman–Crippen LogP) is 3.95. The number of benzene rings is 1. The van der Waals surface area contributed by atoms with E-state index in [4.69, 9.17) is 0 Å². The lowest BCUT2D eigenvalue weighted by Gasteiger charge is -2.24. The normalized spacial score (nSPS) is 13.6. The van der Waals surface area contributed by atoms with Crippen LogP contribution in [0.5, 0.6) is 0 Å². The van der Waals surface area contributed by atoms with E-state index in [2.05, 4.69) is 37.9 Å². The van der Waals surface area contributed by atoms with E-state index in [0.717, 1.165) is 11.1 Å². The van der Waals surface area contributed by atoms with Crippen LogP contribution >= 0.6 is 11.3 Å². The maximum Gasteiger partial charge on any atom is 0.0815 e. The van der Waals surface area contributed by atoms with E-state index in [1.54, 1.807) is 11.3 Å². The van der Waals surface area contributed by atoms with Crippen LogP contribution in [0.4, 0.5) is 0 Å². The largest absolute Gasteiger partial charge is 0.245 e. The maximum atomic E-state index is 9.27. The molecule has 0 N–H and O–H groups in total. The number of nitrogens with zero attached hydrogens (tertiary/aromatic N) is 2. The van der Waals surface area contributed by atoms with Crippen molar-refractivity contribution < 1.29 is 0 Å². The van der Waals surface area contributed by atoms with E-state index in [0.29, 0.717) is 0 Å². The molecular formula is C13H14N2S. The molecule has 0 aliphatic heterocycles. The quantitative estimate of drug-likeness (QED) is 0.743. The third kappa shape index (κ3) is 1.94. The topological polar surface area (TPSA) is 36.7 Å². The van der Waals surface area contributed by atoms with E-state index in [9.17, 15) is 5.26 Å². The van der Waals surface area contributed by atoms with Gasteiger partial charge in [-0.3, -0.25) is 0 Å². The second-order valence-electron chi connectivity index (χ2n) is 5.01. The summed E-state index contributed by atoms with van der Waals surface area (Å²) in [5.41, 5.74) is 3.85. The fourth-order valence-corrected chi connectivity index (χ4v) is 2.48. The second-order valence-corrected chi connectivity index (χ2v) is 5.89. The Morgan fingerprint density at radius 3 is 2.75 bits per heavy atom. The van der Waals surface area contributed by atoms with Crippen molar-refractivity contribution in [3.8, 4) is 6.07 Å². The highest BCUT2D eigenvalue weighted by Crippen LogP contribution is 2.35. The molecule has 0 aliphatic carbocycles. The van der Waals surface area contributed by atoms with Crippen molar-refractivity contribution in [1.29, 1.82) is 5.26 Å². The summed E-state index contributed by atoms with van der Waals surface area (Å²) in [7, 11) is 0. The molecule has 1 atom stereocenters. The van der Waals surface area contributed by atoms with Gasteiger partial charge in [0.15, 0.2) is 0 Å². The lowest BCUT2D eigenvalue weighted by molar-refractivity contribution is 0.373. The van der Waals surface area contributed by atoms with Gasteiger partial charge in [-0.15, -0.1) is 11.3 Å². The highest BCUT2D eigenvalue weighted by atomic mass is 32.1. The predicted molar refractivity (Wildman–Crippen MR) is 67.4 cm³/mol. The molecule has 0 aliphatic rings. The molecule has 2 aromatic rings. The van der Waals surface area contributed by atoms with Crippen molar-refractivity contribution in [2.24, 2.45) is 5.41 Å². The lowest BCUT2D eigenvalue weighted by Crippen LogP contribution is -2.16. The zero-order valence-corrected chi connectivity index (χ0v) is 10.5. The summed E-state index contributed by atoms with van der Waals surface area (Å²) < 4.78 is 1.18. The monoisotopic (exact) mass is 230 g/mol. The SMILES string of the molecule is CC(C)(C)C(C#N)c1ccc2scnc2c1. The molecule has 82 valence electrons. The minimum absolute atomic E-state index is 0.0432. The van der Waals surface area contributed by atoms with Crippen LogP contribution in [0.3, 0.4) is 0 Å². The Balaban J connectivity index is 2.50. The van der Waals surface area contributed by atoms with Crippen LogP contribution in [-0.4, -0.2) is 4.98 Å². The Morgan fingerprint density at radius 2 is 2.12 bits per heavy atom. The van der Waals surface area contributed by atoms with Crippen molar-refractivity contribution in [2.45, 2.75) is 26.7 Å². The molecule has 0 bridgehead atoms. The van der Waals surface area contributed by atoms with Gasteiger partial charge < -0.3 is 0 Å². The van der Waals surface area contributed by atoms with E-state index < -0.39 is 0 Å². The molecule has 0 spiro atoms. The molecule has 0 fully saturated rings. The van der Waals surface area contributed by atoms with Gasteiger partial charge in [-0.05, 0) is 23.1 Å². The standard InChI is InChI=1S/C13H14N2S/c1-13(2,3)10(7-14)9-4-5-12-11(6-9)15-8-16-12/h4-6,8,10H,1-3H3. The minimum atomic E-state index is -0.0846. The van der Waals surface area contributed by atoms with Gasteiger partial charge in [0.1, 0.15) is 0 Å². The first kappa shape index (κ1) is 11.1. The van der Waals surface area contributed by atoms with E-state index >= 15 is 0 Å². The summed E-state index contributed by atoms with van der Waals surface area (Å²) in [6.45, 7) is 6.27. The molecule has 1 aromatic heterocycles. The summed E-state index contributed by atoms with van der Waals surface area (Å²) in [4.78, 5) is 4.29. The molecule has 0 saturated heterocycles. The summed E-state index contributed by atoms with van der Waals surface area (Å²) in [5, 5.41) is 9.27. The number of aromatic nitrogens is 1. The number of rotatable bonds is 1. The first-order valence-electron chi connectivity index (χ1n) is 5.25. The van der Waals surface area contributed by atoms with Crippen molar-refractivity contribution in [2.75, 3.05) is 0 Å². The third-order valence-electron chi connectivity index (χ3n) is 2.68. The van der Waals surface area contributed by atoms with Crippen molar-refractivity contribution >= 4 is 21.6 Å². The van der Waals surface area contributed by atoms with Crippen LogP contribution in [0.25, 0.3) is 10.2 Å². The molecule has 2 nitrogen and oxygen atoms in total. The molecule has 0 saturated carbocycles. The number of thiazole rings is 1. The van der Waals surface area contributed by atoms with E-state index in [-0.39, 0.29) is 11.3 Å². The number of nitriles is 1. The number of fused-ring (bicyclic) bond motifs is 1. The molecule has 1 aromatic carbocycles. The van der Waals surface area contributed by atoms with Crippen LogP contribution in [0.15, 0.2) is 23.7 Å². The summed E-state index contributed by atoms with van der Waals surface area (Å²) in [6.07, 6.45) is 0. The van der Waals surface area contributed by atoms with Crippen LogP contribution in [0, 0.1) is 16.7 Å². The Bertz CT molecular complexity index is 543. The fourth-order valence-electron chi connectivity index (χ4n) is 1.82. The molecule has 0 amide bonds. The average molecular weight is 230 g/mol. The number of hydrogen-bond acceptors (Lipinski definition) is 3.